The fourth-order valence-corrected chi connectivity index (χ4v) is 1.01. The summed E-state index contributed by atoms with van der Waals surface area (Å²) in [7, 11) is 0. The molecule has 0 saturated heterocycles. The molecule has 1 aromatic heterocycles. The van der Waals surface area contributed by atoms with Crippen LogP contribution in [0.5, 0.6) is 0 Å². The topological polar surface area (TPSA) is 89.4 Å². The van der Waals surface area contributed by atoms with Crippen molar-refractivity contribution in [3.63, 3.8) is 0 Å². The highest BCUT2D eigenvalue weighted by atomic mass is 16.5. The minimum atomic E-state index is -1.03. The number of hydrogen-bond donors (Lipinski definition) is 2. The lowest BCUT2D eigenvalue weighted by Crippen LogP contribution is -2.32. The minimum absolute atomic E-state index is 0.200. The molecule has 14 heavy (non-hydrogen) atoms. The molecule has 0 radical (unpaired) electrons. The van der Waals surface area contributed by atoms with Gasteiger partial charge < -0.3 is 15.4 Å². The van der Waals surface area contributed by atoms with E-state index >= 15 is 0 Å². The van der Waals surface area contributed by atoms with Gasteiger partial charge in [0.15, 0.2) is 0 Å². The van der Waals surface area contributed by atoms with E-state index in [1.54, 1.807) is 6.07 Å². The average Bonchev–Trinajstić information content (AvgIpc) is 2.52. The second-order valence-electron chi connectivity index (χ2n) is 3.52. The molecule has 1 rings (SSSR count). The van der Waals surface area contributed by atoms with Crippen molar-refractivity contribution in [2.75, 3.05) is 0 Å². The van der Waals surface area contributed by atoms with Crippen molar-refractivity contribution in [2.24, 2.45) is 5.73 Å². The van der Waals surface area contributed by atoms with E-state index in [2.05, 4.69) is 5.16 Å². The number of carboxylic acids is 1. The number of aromatic nitrogens is 1. The van der Waals surface area contributed by atoms with E-state index in [4.69, 9.17) is 15.4 Å². The molecule has 1 atom stereocenters. The summed E-state index contributed by atoms with van der Waals surface area (Å²) in [5.74, 6) is -0.0333. The summed E-state index contributed by atoms with van der Waals surface area (Å²) in [6.07, 6.45) is 0.200. The Hall–Kier alpha value is -1.36. The summed E-state index contributed by atoms with van der Waals surface area (Å²) in [6.45, 7) is 3.95. The van der Waals surface area contributed by atoms with E-state index in [0.29, 0.717) is 5.69 Å². The summed E-state index contributed by atoms with van der Waals surface area (Å²) in [4.78, 5) is 10.5. The first-order chi connectivity index (χ1) is 6.50. The third kappa shape index (κ3) is 2.56. The van der Waals surface area contributed by atoms with Crippen LogP contribution in [0.4, 0.5) is 0 Å². The molecule has 78 valence electrons. The lowest BCUT2D eigenvalue weighted by atomic mass is 10.1. The van der Waals surface area contributed by atoms with Crippen LogP contribution in [0.15, 0.2) is 10.6 Å². The Morgan fingerprint density at radius 1 is 1.71 bits per heavy atom. The highest BCUT2D eigenvalue weighted by Gasteiger charge is 2.15. The zero-order chi connectivity index (χ0) is 10.7. The molecule has 0 aliphatic rings. The highest BCUT2D eigenvalue weighted by molar-refractivity contribution is 5.73. The Bertz CT molecular complexity index is 320. The van der Waals surface area contributed by atoms with Crippen LogP contribution in [0, 0.1) is 0 Å². The molecule has 1 unspecified atom stereocenters. The molecule has 0 bridgehead atoms. The first-order valence-electron chi connectivity index (χ1n) is 4.44. The van der Waals surface area contributed by atoms with Crippen LogP contribution in [-0.2, 0) is 11.2 Å². The van der Waals surface area contributed by atoms with Gasteiger partial charge in [0.1, 0.15) is 11.8 Å². The molecular weight excluding hydrogens is 184 g/mol. The van der Waals surface area contributed by atoms with E-state index < -0.39 is 12.0 Å². The van der Waals surface area contributed by atoms with Crippen LogP contribution >= 0.6 is 0 Å². The van der Waals surface area contributed by atoms with Crippen LogP contribution in [-0.4, -0.2) is 22.3 Å². The van der Waals surface area contributed by atoms with Crippen LogP contribution < -0.4 is 5.73 Å². The maximum Gasteiger partial charge on any atom is 0.320 e. The number of hydrogen-bond acceptors (Lipinski definition) is 4. The predicted molar refractivity (Wildman–Crippen MR) is 49.9 cm³/mol. The number of carboxylic acid groups (broad SMARTS) is 1. The van der Waals surface area contributed by atoms with Gasteiger partial charge in [0.2, 0.25) is 0 Å². The molecule has 1 heterocycles. The summed E-state index contributed by atoms with van der Waals surface area (Å²) in [5.41, 5.74) is 5.94. The first-order valence-corrected chi connectivity index (χ1v) is 4.44. The third-order valence-corrected chi connectivity index (χ3v) is 1.89. The number of rotatable bonds is 4. The van der Waals surface area contributed by atoms with Crippen LogP contribution in [0.3, 0.4) is 0 Å². The van der Waals surface area contributed by atoms with E-state index in [-0.39, 0.29) is 12.3 Å². The fourth-order valence-electron chi connectivity index (χ4n) is 1.01. The molecule has 1 aromatic rings. The van der Waals surface area contributed by atoms with Crippen LogP contribution in [0.1, 0.15) is 31.2 Å². The van der Waals surface area contributed by atoms with E-state index in [1.165, 1.54) is 0 Å². The SMILES string of the molecule is CC(C)c1cc(CC(N)C(=O)O)no1. The number of nitrogens with two attached hydrogens (primary N) is 1. The number of carbonyl (C=O) groups is 1. The maximum atomic E-state index is 10.5. The second-order valence-corrected chi connectivity index (χ2v) is 3.52. The standard InChI is InChI=1S/C9H14N2O3/c1-5(2)8-4-6(11-14-8)3-7(10)9(12)13/h4-5,7H,3,10H2,1-2H3,(H,12,13). The van der Waals surface area contributed by atoms with E-state index in [9.17, 15) is 4.79 Å². The number of aliphatic carboxylic acids is 1. The average molecular weight is 198 g/mol. The molecule has 5 nitrogen and oxygen atoms in total. The molecule has 0 saturated carbocycles. The molecule has 0 fully saturated rings. The Balaban J connectivity index is 2.64. The maximum absolute atomic E-state index is 10.5. The van der Waals surface area contributed by atoms with Crippen molar-refractivity contribution in [1.29, 1.82) is 0 Å². The normalized spacial score (nSPS) is 13.1. The number of nitrogens with zero attached hydrogens (tertiary/aromatic N) is 1. The highest BCUT2D eigenvalue weighted by Crippen LogP contribution is 2.15. The smallest absolute Gasteiger partial charge is 0.320 e. The van der Waals surface area contributed by atoms with E-state index in [1.807, 2.05) is 13.8 Å². The Morgan fingerprint density at radius 2 is 2.36 bits per heavy atom. The Labute approximate surface area is 81.9 Å². The first kappa shape index (κ1) is 10.7. The quantitative estimate of drug-likeness (QED) is 0.745. The molecule has 0 aliphatic heterocycles. The summed E-state index contributed by atoms with van der Waals surface area (Å²) >= 11 is 0. The molecule has 0 amide bonds. The van der Waals surface area contributed by atoms with E-state index in [0.717, 1.165) is 5.76 Å². The molecule has 5 heteroatoms. The van der Waals surface area contributed by atoms with Gasteiger partial charge in [-0.25, -0.2) is 0 Å². The fraction of sp³-hybridized carbons (Fsp3) is 0.556. The zero-order valence-electron chi connectivity index (χ0n) is 8.23. The lowest BCUT2D eigenvalue weighted by molar-refractivity contribution is -0.138. The van der Waals surface area contributed by atoms with Crippen molar-refractivity contribution in [3.05, 3.63) is 17.5 Å². The zero-order valence-corrected chi connectivity index (χ0v) is 8.23. The molecule has 0 aliphatic carbocycles. The van der Waals surface area contributed by atoms with Gasteiger partial charge in [0, 0.05) is 18.4 Å². The van der Waals surface area contributed by atoms with Gasteiger partial charge in [-0.3, -0.25) is 4.79 Å². The summed E-state index contributed by atoms with van der Waals surface area (Å²) < 4.78 is 5.01. The van der Waals surface area contributed by atoms with Gasteiger partial charge >= 0.3 is 5.97 Å². The molecule has 0 spiro atoms. The van der Waals surface area contributed by atoms with Crippen LogP contribution in [0.2, 0.25) is 0 Å². The second kappa shape index (κ2) is 4.23. The van der Waals surface area contributed by atoms with Crippen molar-refractivity contribution in [3.8, 4) is 0 Å². The molecular formula is C9H14N2O3. The van der Waals surface area contributed by atoms with Crippen molar-refractivity contribution in [2.45, 2.75) is 32.2 Å². The van der Waals surface area contributed by atoms with Crippen molar-refractivity contribution in [1.82, 2.24) is 5.16 Å². The Kier molecular flexibility index (Phi) is 3.24. The van der Waals surface area contributed by atoms with Gasteiger partial charge in [-0.2, -0.15) is 0 Å². The van der Waals surface area contributed by atoms with Gasteiger partial charge in [0.25, 0.3) is 0 Å². The van der Waals surface area contributed by atoms with Gasteiger partial charge in [0.05, 0.1) is 5.69 Å². The van der Waals surface area contributed by atoms with Gasteiger partial charge in [-0.15, -0.1) is 0 Å². The largest absolute Gasteiger partial charge is 0.480 e. The monoisotopic (exact) mass is 198 g/mol. The minimum Gasteiger partial charge on any atom is -0.480 e. The Morgan fingerprint density at radius 3 is 2.79 bits per heavy atom. The van der Waals surface area contributed by atoms with Crippen molar-refractivity contribution < 1.29 is 14.4 Å². The predicted octanol–water partition coefficient (Wildman–Crippen LogP) is 0.752. The summed E-state index contributed by atoms with van der Waals surface area (Å²) in [5, 5.41) is 12.3. The third-order valence-electron chi connectivity index (χ3n) is 1.89. The molecule has 0 aromatic carbocycles. The van der Waals surface area contributed by atoms with Gasteiger partial charge in [-0.05, 0) is 0 Å². The van der Waals surface area contributed by atoms with Crippen molar-refractivity contribution >= 4 is 5.97 Å². The van der Waals surface area contributed by atoms with Crippen LogP contribution in [0.25, 0.3) is 0 Å². The molecule has 3 N–H and O–H groups in total. The summed E-state index contributed by atoms with van der Waals surface area (Å²) in [6, 6.07) is 0.827. The van der Waals surface area contributed by atoms with Gasteiger partial charge in [-0.1, -0.05) is 19.0 Å². The lowest BCUT2D eigenvalue weighted by Gasteiger charge is -2.01.